The van der Waals surface area contributed by atoms with Crippen molar-refractivity contribution in [2.24, 2.45) is 0 Å². The van der Waals surface area contributed by atoms with E-state index < -0.39 is 28.7 Å². The maximum Gasteiger partial charge on any atom is 0.417 e. The predicted molar refractivity (Wildman–Crippen MR) is 113 cm³/mol. The summed E-state index contributed by atoms with van der Waals surface area (Å²) in [5.74, 6) is -0.363. The maximum absolute atomic E-state index is 13.0. The lowest BCUT2D eigenvalue weighted by atomic mass is 10.2. The first-order valence-corrected chi connectivity index (χ1v) is 9.53. The average molecular weight is 483 g/mol. The molecule has 1 heterocycles. The second-order valence-electron chi connectivity index (χ2n) is 6.56. The van der Waals surface area contributed by atoms with Crippen molar-refractivity contribution in [3.8, 4) is 11.5 Å². The van der Waals surface area contributed by atoms with E-state index in [-0.39, 0.29) is 22.3 Å². The lowest BCUT2D eigenvalue weighted by Crippen LogP contribution is -2.19. The Balaban J connectivity index is 1.63. The Hall–Kier alpha value is -3.86. The first-order valence-electron chi connectivity index (χ1n) is 9.15. The molecule has 33 heavy (non-hydrogen) atoms. The number of hydrogen-bond acceptors (Lipinski definition) is 4. The zero-order valence-corrected chi connectivity index (χ0v) is 17.5. The Morgan fingerprint density at radius 3 is 2.24 bits per heavy atom. The number of rotatable bonds is 5. The topological polar surface area (TPSA) is 83.6 Å². The number of halogens is 5. The number of alkyl halides is 3. The smallest absolute Gasteiger partial charge is 0.417 e. The Bertz CT molecular complexity index is 1170. The summed E-state index contributed by atoms with van der Waals surface area (Å²) in [6.45, 7) is 0. The number of pyridine rings is 1. The molecule has 0 spiro atoms. The van der Waals surface area contributed by atoms with E-state index in [1.807, 2.05) is 0 Å². The molecule has 0 saturated carbocycles. The van der Waals surface area contributed by atoms with Crippen LogP contribution in [0.3, 0.4) is 0 Å². The number of amides is 3. The number of carbonyl (C=O) groups is 2. The molecule has 12 heteroatoms. The van der Waals surface area contributed by atoms with Gasteiger partial charge in [0.25, 0.3) is 5.91 Å². The van der Waals surface area contributed by atoms with E-state index >= 15 is 0 Å². The van der Waals surface area contributed by atoms with Gasteiger partial charge >= 0.3 is 12.2 Å². The van der Waals surface area contributed by atoms with Crippen LogP contribution >= 0.6 is 11.6 Å². The molecule has 2 N–H and O–H groups in total. The summed E-state index contributed by atoms with van der Waals surface area (Å²) in [5, 5.41) is 4.18. The molecule has 0 fully saturated rings. The number of anilines is 2. The van der Waals surface area contributed by atoms with Gasteiger partial charge in [0.15, 0.2) is 0 Å². The molecule has 172 valence electrons. The Labute approximate surface area is 189 Å². The molecular formula is C21H15ClF4N4O3. The molecule has 0 radical (unpaired) electrons. The van der Waals surface area contributed by atoms with Gasteiger partial charge < -0.3 is 15.4 Å². The van der Waals surface area contributed by atoms with Crippen LogP contribution in [0, 0.1) is 0 Å². The molecule has 0 atom stereocenters. The predicted octanol–water partition coefficient (Wildman–Crippen LogP) is 6.15. The molecule has 3 aromatic rings. The van der Waals surface area contributed by atoms with Gasteiger partial charge in [-0.25, -0.2) is 4.79 Å². The van der Waals surface area contributed by atoms with Crippen molar-refractivity contribution in [2.75, 3.05) is 17.7 Å². The minimum Gasteiger partial charge on any atom is -0.457 e. The number of carbonyl (C=O) groups excluding carboxylic acids is 2. The average Bonchev–Trinajstić information content (AvgIpc) is 2.75. The molecule has 7 nitrogen and oxygen atoms in total. The van der Waals surface area contributed by atoms with Crippen molar-refractivity contribution in [3.63, 3.8) is 0 Å². The molecule has 0 bridgehead atoms. The Kier molecular flexibility index (Phi) is 7.02. The number of benzene rings is 2. The van der Waals surface area contributed by atoms with Crippen molar-refractivity contribution >= 4 is 34.9 Å². The minimum absolute atomic E-state index is 0.0915. The quantitative estimate of drug-likeness (QED) is 0.337. The van der Waals surface area contributed by atoms with Gasteiger partial charge in [0.05, 0.1) is 10.6 Å². The van der Waals surface area contributed by atoms with E-state index in [4.69, 9.17) is 16.3 Å². The Morgan fingerprint density at radius 2 is 1.61 bits per heavy atom. The summed E-state index contributed by atoms with van der Waals surface area (Å²) < 4.78 is 57.4. The van der Waals surface area contributed by atoms with Crippen LogP contribution in [0.2, 0.25) is 5.02 Å². The standard InChI is InChI=1S/C21H15ClF4N4O3/c1-30(26)19(31)18-11-15(8-9-27-18)33-14-5-2-12(3-6-14)28-20(32)29-13-4-7-17(22)16(10-13)21(23,24)25/h2-11H,1H3,(H2,28,29,32). The highest BCUT2D eigenvalue weighted by molar-refractivity contribution is 6.31. The summed E-state index contributed by atoms with van der Waals surface area (Å²) >= 11 is 5.56. The van der Waals surface area contributed by atoms with E-state index in [0.29, 0.717) is 11.4 Å². The molecule has 1 aromatic heterocycles. The van der Waals surface area contributed by atoms with Crippen LogP contribution in [-0.4, -0.2) is 29.1 Å². The maximum atomic E-state index is 13.0. The van der Waals surface area contributed by atoms with Crippen LogP contribution in [0.4, 0.5) is 33.8 Å². The lowest BCUT2D eigenvalue weighted by Gasteiger charge is -2.12. The first-order chi connectivity index (χ1) is 15.5. The molecule has 0 unspecified atom stereocenters. The van der Waals surface area contributed by atoms with Gasteiger partial charge in [-0.15, -0.1) is 0 Å². The van der Waals surface area contributed by atoms with Crippen LogP contribution in [0.25, 0.3) is 0 Å². The minimum atomic E-state index is -4.66. The number of nitrogens with one attached hydrogen (secondary N) is 2. The fourth-order valence-electron chi connectivity index (χ4n) is 2.61. The normalized spacial score (nSPS) is 11.0. The molecule has 0 aliphatic heterocycles. The monoisotopic (exact) mass is 482 g/mol. The molecule has 0 saturated heterocycles. The van der Waals surface area contributed by atoms with Crippen LogP contribution in [0.15, 0.2) is 60.8 Å². The molecule has 0 aliphatic carbocycles. The van der Waals surface area contributed by atoms with Crippen molar-refractivity contribution in [3.05, 3.63) is 77.1 Å². The highest BCUT2D eigenvalue weighted by atomic mass is 35.5. The van der Waals surface area contributed by atoms with Gasteiger partial charge in [-0.2, -0.15) is 18.3 Å². The second kappa shape index (κ2) is 9.74. The zero-order chi connectivity index (χ0) is 24.2. The van der Waals surface area contributed by atoms with Gasteiger partial charge in [-0.3, -0.25) is 9.78 Å². The van der Waals surface area contributed by atoms with Crippen molar-refractivity contribution in [1.29, 1.82) is 0 Å². The van der Waals surface area contributed by atoms with Crippen molar-refractivity contribution < 1.29 is 32.0 Å². The van der Waals surface area contributed by atoms with Gasteiger partial charge in [-0.05, 0) is 48.5 Å². The lowest BCUT2D eigenvalue weighted by molar-refractivity contribution is -0.137. The van der Waals surface area contributed by atoms with Crippen LogP contribution < -0.4 is 15.4 Å². The third-order valence-corrected chi connectivity index (χ3v) is 4.44. The summed E-state index contributed by atoms with van der Waals surface area (Å²) in [6.07, 6.45) is -3.38. The van der Waals surface area contributed by atoms with Crippen LogP contribution in [-0.2, 0) is 6.18 Å². The number of urea groups is 1. The van der Waals surface area contributed by atoms with Crippen molar-refractivity contribution in [2.45, 2.75) is 6.18 Å². The summed E-state index contributed by atoms with van der Waals surface area (Å²) in [6, 6.07) is 10.9. The van der Waals surface area contributed by atoms with Gasteiger partial charge in [-0.1, -0.05) is 16.1 Å². The molecule has 0 aliphatic rings. The molecular weight excluding hydrogens is 468 g/mol. The van der Waals surface area contributed by atoms with E-state index in [2.05, 4.69) is 15.6 Å². The fourth-order valence-corrected chi connectivity index (χ4v) is 2.83. The van der Waals surface area contributed by atoms with E-state index in [1.54, 1.807) is 0 Å². The number of nitrogens with zero attached hydrogens (tertiary/aromatic N) is 2. The van der Waals surface area contributed by atoms with Gasteiger partial charge in [0, 0.05) is 30.7 Å². The number of ether oxygens (including phenoxy) is 1. The van der Waals surface area contributed by atoms with Gasteiger partial charge in [0.1, 0.15) is 17.2 Å². The highest BCUT2D eigenvalue weighted by Gasteiger charge is 2.33. The summed E-state index contributed by atoms with van der Waals surface area (Å²) in [5.41, 5.74) is -0.980. The number of aromatic nitrogens is 1. The molecule has 2 aromatic carbocycles. The third kappa shape index (κ3) is 6.32. The van der Waals surface area contributed by atoms with E-state index in [0.717, 1.165) is 19.2 Å². The summed E-state index contributed by atoms with van der Waals surface area (Å²) in [4.78, 5) is 27.5. The molecule has 3 amide bonds. The fraction of sp³-hybridized carbons (Fsp3) is 0.0952. The molecule has 3 rings (SSSR count). The van der Waals surface area contributed by atoms with Gasteiger partial charge in [0.2, 0.25) is 0 Å². The van der Waals surface area contributed by atoms with E-state index in [9.17, 15) is 27.2 Å². The van der Waals surface area contributed by atoms with Crippen LogP contribution in [0.1, 0.15) is 16.1 Å². The summed E-state index contributed by atoms with van der Waals surface area (Å²) in [7, 11) is 0.946. The first kappa shape index (κ1) is 23.8. The largest absolute Gasteiger partial charge is 0.457 e. The van der Waals surface area contributed by atoms with Crippen molar-refractivity contribution in [1.82, 2.24) is 10.1 Å². The highest BCUT2D eigenvalue weighted by Crippen LogP contribution is 2.36. The Morgan fingerprint density at radius 1 is 0.970 bits per heavy atom. The third-order valence-electron chi connectivity index (χ3n) is 4.11. The second-order valence-corrected chi connectivity index (χ2v) is 6.96. The van der Waals surface area contributed by atoms with E-state index in [1.165, 1.54) is 48.7 Å². The number of hydrogen-bond donors (Lipinski definition) is 2. The zero-order valence-electron chi connectivity index (χ0n) is 16.8. The SMILES string of the molecule is CN(F)C(=O)c1cc(Oc2ccc(NC(=O)Nc3ccc(Cl)c(C(F)(F)F)c3)cc2)ccn1. The van der Waals surface area contributed by atoms with Crippen LogP contribution in [0.5, 0.6) is 11.5 Å².